The number of anilines is 1. The van der Waals surface area contributed by atoms with Crippen molar-refractivity contribution in [3.8, 4) is 0 Å². The molecule has 4 rings (SSSR count). The molecule has 0 saturated carbocycles. The van der Waals surface area contributed by atoms with Crippen LogP contribution in [0.1, 0.15) is 12.8 Å². The van der Waals surface area contributed by atoms with Gasteiger partial charge >= 0.3 is 0 Å². The van der Waals surface area contributed by atoms with Crippen molar-refractivity contribution in [1.29, 1.82) is 0 Å². The highest BCUT2D eigenvalue weighted by atomic mass is 15.3. The van der Waals surface area contributed by atoms with E-state index in [-0.39, 0.29) is 0 Å². The van der Waals surface area contributed by atoms with Crippen LogP contribution in [-0.2, 0) is 0 Å². The summed E-state index contributed by atoms with van der Waals surface area (Å²) in [6.45, 7) is 6.52. The maximum absolute atomic E-state index is 4.86. The summed E-state index contributed by atoms with van der Waals surface area (Å²) in [4.78, 5) is 20.6. The monoisotopic (exact) mass is 325 g/mol. The van der Waals surface area contributed by atoms with E-state index in [1.807, 2.05) is 30.6 Å². The van der Waals surface area contributed by atoms with E-state index in [1.54, 1.807) is 4.90 Å². The fourth-order valence-electron chi connectivity index (χ4n) is 3.37. The highest BCUT2D eigenvalue weighted by Gasteiger charge is 2.19. The number of hydrogen-bond acceptors (Lipinski definition) is 4. The van der Waals surface area contributed by atoms with E-state index in [1.165, 1.54) is 12.8 Å². The first kappa shape index (κ1) is 15.3. The third kappa shape index (κ3) is 3.19. The number of rotatable bonds is 3. The van der Waals surface area contributed by atoms with Crippen molar-refractivity contribution in [2.24, 2.45) is 4.99 Å². The summed E-state index contributed by atoms with van der Waals surface area (Å²) in [6, 6.07) is 8.05. The molecule has 1 aromatic heterocycles. The van der Waals surface area contributed by atoms with Gasteiger partial charge in [0.2, 0.25) is 0 Å². The number of hydrogen-bond donors (Lipinski definition) is 1. The number of benzene rings is 1. The number of likely N-dealkylation sites (N-methyl/N-ethyl adjacent to an activating group) is 1. The van der Waals surface area contributed by atoms with Crippen molar-refractivity contribution in [2.45, 2.75) is 12.8 Å². The van der Waals surface area contributed by atoms with Gasteiger partial charge in [0.05, 0.1) is 50.6 Å². The number of piperazine rings is 1. The van der Waals surface area contributed by atoms with Gasteiger partial charge in [0.15, 0.2) is 11.6 Å². The van der Waals surface area contributed by atoms with Crippen LogP contribution in [0, 0.1) is 0 Å². The van der Waals surface area contributed by atoms with Gasteiger partial charge in [-0.3, -0.25) is 0 Å². The minimum Gasteiger partial charge on any atom is -0.353 e. The van der Waals surface area contributed by atoms with Crippen molar-refractivity contribution < 1.29 is 4.90 Å². The van der Waals surface area contributed by atoms with Crippen molar-refractivity contribution in [2.75, 3.05) is 51.2 Å². The quantitative estimate of drug-likeness (QED) is 0.667. The Morgan fingerprint density at radius 2 is 1.67 bits per heavy atom. The highest BCUT2D eigenvalue weighted by molar-refractivity contribution is 5.80. The van der Waals surface area contributed by atoms with Crippen LogP contribution in [0.15, 0.2) is 29.3 Å². The van der Waals surface area contributed by atoms with Gasteiger partial charge in [0, 0.05) is 13.1 Å². The zero-order valence-corrected chi connectivity index (χ0v) is 14.3. The van der Waals surface area contributed by atoms with Gasteiger partial charge in [-0.2, -0.15) is 0 Å². The largest absolute Gasteiger partial charge is 0.353 e. The predicted molar refractivity (Wildman–Crippen MR) is 97.3 cm³/mol. The van der Waals surface area contributed by atoms with Gasteiger partial charge in [-0.05, 0) is 25.0 Å². The molecule has 6 nitrogen and oxygen atoms in total. The number of nitrogens with one attached hydrogen (secondary N) is 1. The van der Waals surface area contributed by atoms with E-state index in [0.717, 1.165) is 61.9 Å². The molecular weight excluding hydrogens is 300 g/mol. The Balaban J connectivity index is 1.65. The second kappa shape index (κ2) is 6.73. The Hall–Kier alpha value is -2.21. The molecule has 2 aromatic rings. The van der Waals surface area contributed by atoms with E-state index in [4.69, 9.17) is 15.0 Å². The van der Waals surface area contributed by atoms with Gasteiger partial charge in [-0.15, -0.1) is 0 Å². The van der Waals surface area contributed by atoms with Crippen LogP contribution in [-0.4, -0.2) is 67.5 Å². The summed E-state index contributed by atoms with van der Waals surface area (Å²) in [6.07, 6.45) is 4.41. The van der Waals surface area contributed by atoms with Crippen molar-refractivity contribution in [1.82, 2.24) is 14.9 Å². The lowest BCUT2D eigenvalue weighted by atomic mass is 10.3. The summed E-state index contributed by atoms with van der Waals surface area (Å²) in [5.41, 5.74) is 1.86. The molecule has 0 aliphatic carbocycles. The third-order valence-corrected chi connectivity index (χ3v) is 4.93. The van der Waals surface area contributed by atoms with Gasteiger partial charge in [-0.25, -0.2) is 15.0 Å². The van der Waals surface area contributed by atoms with Crippen LogP contribution in [0.5, 0.6) is 0 Å². The Bertz CT molecular complexity index is 729. The van der Waals surface area contributed by atoms with Crippen LogP contribution >= 0.6 is 0 Å². The number of para-hydroxylation sites is 2. The van der Waals surface area contributed by atoms with Crippen LogP contribution in [0.25, 0.3) is 11.0 Å². The Morgan fingerprint density at radius 3 is 2.38 bits per heavy atom. The van der Waals surface area contributed by atoms with E-state index in [0.29, 0.717) is 0 Å². The lowest BCUT2D eigenvalue weighted by Gasteiger charge is -2.28. The Labute approximate surface area is 142 Å². The molecule has 2 saturated heterocycles. The first-order valence-electron chi connectivity index (χ1n) is 8.91. The fraction of sp³-hybridized carbons (Fsp3) is 0.500. The highest BCUT2D eigenvalue weighted by Crippen LogP contribution is 2.29. The van der Waals surface area contributed by atoms with E-state index >= 15 is 0 Å². The molecular formula is C18H25N6+. The summed E-state index contributed by atoms with van der Waals surface area (Å²) in [7, 11) is 2.24. The average molecular weight is 325 g/mol. The first-order chi connectivity index (χ1) is 11.8. The SMILES string of the molecule is C[NH+]1CCN(C=Nc2nc3ccccc3nc2N2CCCC2)CC1. The minimum absolute atomic E-state index is 0.752. The molecule has 6 heteroatoms. The molecule has 1 N–H and O–H groups in total. The third-order valence-electron chi connectivity index (χ3n) is 4.93. The lowest BCUT2D eigenvalue weighted by Crippen LogP contribution is -3.11. The molecule has 2 fully saturated rings. The zero-order valence-electron chi connectivity index (χ0n) is 14.3. The average Bonchev–Trinajstić information content (AvgIpc) is 3.15. The molecule has 0 amide bonds. The second-order valence-electron chi connectivity index (χ2n) is 6.79. The molecule has 0 radical (unpaired) electrons. The van der Waals surface area contributed by atoms with Crippen molar-refractivity contribution in [3.63, 3.8) is 0 Å². The van der Waals surface area contributed by atoms with Gasteiger partial charge in [0.1, 0.15) is 0 Å². The number of fused-ring (bicyclic) bond motifs is 1. The summed E-state index contributed by atoms with van der Waals surface area (Å²) < 4.78 is 0. The summed E-state index contributed by atoms with van der Waals surface area (Å²) in [5, 5.41) is 0. The van der Waals surface area contributed by atoms with Crippen LogP contribution in [0.3, 0.4) is 0 Å². The smallest absolute Gasteiger partial charge is 0.197 e. The minimum atomic E-state index is 0.752. The Kier molecular flexibility index (Phi) is 4.30. The molecule has 0 unspecified atom stereocenters. The van der Waals surface area contributed by atoms with Crippen molar-refractivity contribution >= 4 is 29.0 Å². The maximum Gasteiger partial charge on any atom is 0.197 e. The van der Waals surface area contributed by atoms with Gasteiger partial charge in [-0.1, -0.05) is 12.1 Å². The molecule has 2 aliphatic heterocycles. The number of quaternary nitrogens is 1. The molecule has 126 valence electrons. The molecule has 1 aromatic carbocycles. The molecule has 0 atom stereocenters. The molecule has 2 aliphatic rings. The van der Waals surface area contributed by atoms with Gasteiger partial charge in [0.25, 0.3) is 0 Å². The number of aromatic nitrogens is 2. The second-order valence-corrected chi connectivity index (χ2v) is 6.79. The molecule has 3 heterocycles. The van der Waals surface area contributed by atoms with Gasteiger partial charge < -0.3 is 14.7 Å². The Morgan fingerprint density at radius 1 is 1.00 bits per heavy atom. The standard InChI is InChI=1S/C18H24N6/c1-22-10-12-23(13-11-22)14-19-17-18(24-8-4-5-9-24)21-16-7-3-2-6-15(16)20-17/h2-3,6-7,14H,4-5,8-13H2,1H3/p+1. The number of nitrogens with zero attached hydrogens (tertiary/aromatic N) is 5. The van der Waals surface area contributed by atoms with Crippen molar-refractivity contribution in [3.05, 3.63) is 24.3 Å². The van der Waals surface area contributed by atoms with E-state index < -0.39 is 0 Å². The fourth-order valence-corrected chi connectivity index (χ4v) is 3.37. The van der Waals surface area contributed by atoms with E-state index in [9.17, 15) is 0 Å². The zero-order chi connectivity index (χ0) is 16.4. The number of aliphatic imine (C=N–C) groups is 1. The van der Waals surface area contributed by atoms with Crippen LogP contribution < -0.4 is 9.80 Å². The normalized spacial score (nSPS) is 19.7. The molecule has 0 bridgehead atoms. The predicted octanol–water partition coefficient (Wildman–Crippen LogP) is 0.720. The summed E-state index contributed by atoms with van der Waals surface area (Å²) >= 11 is 0. The van der Waals surface area contributed by atoms with Crippen LogP contribution in [0.4, 0.5) is 11.6 Å². The molecule has 24 heavy (non-hydrogen) atoms. The topological polar surface area (TPSA) is 49.1 Å². The maximum atomic E-state index is 4.86. The molecule has 0 spiro atoms. The first-order valence-corrected chi connectivity index (χ1v) is 8.91. The van der Waals surface area contributed by atoms with E-state index in [2.05, 4.69) is 16.8 Å². The lowest BCUT2D eigenvalue weighted by molar-refractivity contribution is -0.883. The summed E-state index contributed by atoms with van der Waals surface area (Å²) in [5.74, 6) is 1.68. The van der Waals surface area contributed by atoms with Crippen LogP contribution in [0.2, 0.25) is 0 Å².